The summed E-state index contributed by atoms with van der Waals surface area (Å²) in [5, 5.41) is 5.21. The van der Waals surface area contributed by atoms with Gasteiger partial charge in [0.25, 0.3) is 0 Å². The van der Waals surface area contributed by atoms with Crippen molar-refractivity contribution in [3.8, 4) is 0 Å². The summed E-state index contributed by atoms with van der Waals surface area (Å²) in [6, 6.07) is 2.33. The lowest BCUT2D eigenvalue weighted by Gasteiger charge is -2.20. The molecule has 0 spiro atoms. The molecule has 1 aromatic heterocycles. The van der Waals surface area contributed by atoms with Gasteiger partial charge in [-0.2, -0.15) is 0 Å². The van der Waals surface area contributed by atoms with E-state index in [1.54, 1.807) is 0 Å². The molecule has 1 aromatic rings. The van der Waals surface area contributed by atoms with E-state index < -0.39 is 0 Å². The summed E-state index contributed by atoms with van der Waals surface area (Å²) >= 11 is 0. The Bertz CT molecular complexity index is 358. The Balaban J connectivity index is 0.00000144. The van der Waals surface area contributed by atoms with Gasteiger partial charge in [0, 0.05) is 24.3 Å². The fourth-order valence-electron chi connectivity index (χ4n) is 1.74. The predicted octanol–water partition coefficient (Wildman–Crippen LogP) is 1.67. The highest BCUT2D eigenvalue weighted by molar-refractivity contribution is 5.85. The van der Waals surface area contributed by atoms with Crippen LogP contribution in [0, 0.1) is 13.8 Å². The monoisotopic (exact) mass is 294 g/mol. The smallest absolute Gasteiger partial charge is 0.156 e. The van der Waals surface area contributed by atoms with Gasteiger partial charge < -0.3 is 5.32 Å². The molecule has 18 heavy (non-hydrogen) atoms. The average molecular weight is 295 g/mol. The molecule has 1 saturated heterocycles. The summed E-state index contributed by atoms with van der Waals surface area (Å²) in [7, 11) is 0. The van der Waals surface area contributed by atoms with Crippen molar-refractivity contribution in [3.63, 3.8) is 0 Å². The van der Waals surface area contributed by atoms with E-state index in [1.807, 2.05) is 25.0 Å². The molecule has 1 aliphatic rings. The third-order valence-electron chi connectivity index (χ3n) is 2.50. The van der Waals surface area contributed by atoms with Gasteiger partial charge in [0.05, 0.1) is 13.2 Å². The van der Waals surface area contributed by atoms with E-state index in [2.05, 4.69) is 22.2 Å². The van der Waals surface area contributed by atoms with Crippen molar-refractivity contribution in [3.05, 3.63) is 17.6 Å². The van der Waals surface area contributed by atoms with Crippen LogP contribution in [0.3, 0.4) is 0 Å². The molecule has 1 atom stereocenters. The number of halogens is 2. The summed E-state index contributed by atoms with van der Waals surface area (Å²) < 4.78 is 0. The number of nitrogens with one attached hydrogen (secondary N) is 1. The highest BCUT2D eigenvalue weighted by atomic mass is 35.5. The number of hydrogen-bond acceptors (Lipinski definition) is 5. The Labute approximate surface area is 120 Å². The SMILES string of the molecule is Cc1cc(N2CCN[C@H](C)CO2)nc(C)n1.Cl.Cl. The van der Waals surface area contributed by atoms with Crippen molar-refractivity contribution >= 4 is 30.6 Å². The fraction of sp³-hybridized carbons (Fsp3) is 0.636. The van der Waals surface area contributed by atoms with E-state index in [9.17, 15) is 0 Å². The first-order chi connectivity index (χ1) is 7.65. The quantitative estimate of drug-likeness (QED) is 0.854. The second-order valence-electron chi connectivity index (χ2n) is 4.17. The van der Waals surface area contributed by atoms with Crippen LogP contribution in [0.5, 0.6) is 0 Å². The summed E-state index contributed by atoms with van der Waals surface area (Å²) in [6.45, 7) is 8.36. The molecule has 104 valence electrons. The maximum atomic E-state index is 5.69. The van der Waals surface area contributed by atoms with Crippen LogP contribution in [-0.2, 0) is 4.84 Å². The van der Waals surface area contributed by atoms with Crippen molar-refractivity contribution in [2.75, 3.05) is 24.8 Å². The van der Waals surface area contributed by atoms with Gasteiger partial charge in [-0.15, -0.1) is 24.8 Å². The van der Waals surface area contributed by atoms with Gasteiger partial charge in [-0.25, -0.2) is 15.0 Å². The first-order valence-electron chi connectivity index (χ1n) is 5.61. The lowest BCUT2D eigenvalue weighted by molar-refractivity contribution is 0.109. The van der Waals surface area contributed by atoms with Crippen LogP contribution in [0.25, 0.3) is 0 Å². The first-order valence-corrected chi connectivity index (χ1v) is 5.61. The molecule has 1 aliphatic heterocycles. The summed E-state index contributed by atoms with van der Waals surface area (Å²) in [5.74, 6) is 1.63. The molecule has 2 rings (SSSR count). The van der Waals surface area contributed by atoms with Gasteiger partial charge in [0.1, 0.15) is 5.82 Å². The summed E-state index contributed by atoms with van der Waals surface area (Å²) in [6.07, 6.45) is 0. The zero-order chi connectivity index (χ0) is 11.5. The average Bonchev–Trinajstić information content (AvgIpc) is 2.41. The number of nitrogens with zero attached hydrogens (tertiary/aromatic N) is 3. The molecule has 7 heteroatoms. The van der Waals surface area contributed by atoms with E-state index in [4.69, 9.17) is 4.84 Å². The highest BCUT2D eigenvalue weighted by Gasteiger charge is 2.15. The Morgan fingerprint density at radius 2 is 2.06 bits per heavy atom. The second kappa shape index (κ2) is 7.74. The maximum Gasteiger partial charge on any atom is 0.156 e. The van der Waals surface area contributed by atoms with Gasteiger partial charge in [-0.3, -0.25) is 4.84 Å². The van der Waals surface area contributed by atoms with Crippen molar-refractivity contribution in [1.29, 1.82) is 0 Å². The zero-order valence-corrected chi connectivity index (χ0v) is 12.5. The molecule has 0 bridgehead atoms. The Morgan fingerprint density at radius 3 is 2.72 bits per heavy atom. The summed E-state index contributed by atoms with van der Waals surface area (Å²) in [4.78, 5) is 14.3. The molecule has 0 amide bonds. The van der Waals surface area contributed by atoms with Gasteiger partial charge in [-0.05, 0) is 20.8 Å². The molecule has 5 nitrogen and oxygen atoms in total. The van der Waals surface area contributed by atoms with Crippen molar-refractivity contribution in [1.82, 2.24) is 15.3 Å². The van der Waals surface area contributed by atoms with Crippen LogP contribution < -0.4 is 10.4 Å². The number of aromatic nitrogens is 2. The van der Waals surface area contributed by atoms with Crippen molar-refractivity contribution in [2.24, 2.45) is 0 Å². The van der Waals surface area contributed by atoms with Crippen LogP contribution in [0.1, 0.15) is 18.4 Å². The van der Waals surface area contributed by atoms with Crippen LogP contribution >= 0.6 is 24.8 Å². The Morgan fingerprint density at radius 1 is 1.33 bits per heavy atom. The van der Waals surface area contributed by atoms with E-state index in [-0.39, 0.29) is 24.8 Å². The number of aryl methyl sites for hydroxylation is 2. The zero-order valence-electron chi connectivity index (χ0n) is 10.8. The van der Waals surface area contributed by atoms with Crippen molar-refractivity contribution in [2.45, 2.75) is 26.8 Å². The molecule has 2 heterocycles. The highest BCUT2D eigenvalue weighted by Crippen LogP contribution is 2.13. The minimum Gasteiger partial charge on any atom is -0.310 e. The third-order valence-corrected chi connectivity index (χ3v) is 2.50. The largest absolute Gasteiger partial charge is 0.310 e. The normalized spacial score (nSPS) is 19.5. The number of hydroxylamine groups is 1. The van der Waals surface area contributed by atoms with Crippen LogP contribution in [0.2, 0.25) is 0 Å². The van der Waals surface area contributed by atoms with E-state index in [0.717, 1.165) is 30.4 Å². The minimum atomic E-state index is 0. The minimum absolute atomic E-state index is 0. The van der Waals surface area contributed by atoms with Gasteiger partial charge in [0.15, 0.2) is 5.82 Å². The molecule has 0 unspecified atom stereocenters. The number of hydrogen-bond donors (Lipinski definition) is 1. The molecular formula is C11H20Cl2N4O. The van der Waals surface area contributed by atoms with Crippen LogP contribution in [0.15, 0.2) is 6.07 Å². The topological polar surface area (TPSA) is 50.3 Å². The van der Waals surface area contributed by atoms with E-state index in [1.165, 1.54) is 0 Å². The lowest BCUT2D eigenvalue weighted by atomic mass is 10.4. The van der Waals surface area contributed by atoms with Gasteiger partial charge in [0.2, 0.25) is 0 Å². The fourth-order valence-corrected chi connectivity index (χ4v) is 1.74. The molecule has 1 N–H and O–H groups in total. The van der Waals surface area contributed by atoms with Crippen molar-refractivity contribution < 1.29 is 4.84 Å². The summed E-state index contributed by atoms with van der Waals surface area (Å²) in [5.41, 5.74) is 0.969. The molecular weight excluding hydrogens is 275 g/mol. The second-order valence-corrected chi connectivity index (χ2v) is 4.17. The molecule has 0 radical (unpaired) electrons. The number of anilines is 1. The molecule has 0 aromatic carbocycles. The molecule has 0 aliphatic carbocycles. The lowest BCUT2D eigenvalue weighted by Crippen LogP contribution is -2.29. The third kappa shape index (κ3) is 4.57. The number of rotatable bonds is 1. The maximum absolute atomic E-state index is 5.69. The molecule has 0 saturated carbocycles. The predicted molar refractivity (Wildman–Crippen MR) is 76.8 cm³/mol. The van der Waals surface area contributed by atoms with E-state index >= 15 is 0 Å². The van der Waals surface area contributed by atoms with Gasteiger partial charge >= 0.3 is 0 Å². The molecule has 1 fully saturated rings. The Hall–Kier alpha value is -0.620. The first kappa shape index (κ1) is 17.4. The van der Waals surface area contributed by atoms with Crippen LogP contribution in [0.4, 0.5) is 5.82 Å². The standard InChI is InChI=1S/C11H18N4O.2ClH/c1-8-6-11(14-10(3)13-8)15-5-4-12-9(2)7-16-15;;/h6,9,12H,4-5,7H2,1-3H3;2*1H/t9-;;/m1../s1. The van der Waals surface area contributed by atoms with Gasteiger partial charge in [-0.1, -0.05) is 0 Å². The Kier molecular flexibility index (Phi) is 7.47. The van der Waals surface area contributed by atoms with Crippen LogP contribution in [-0.4, -0.2) is 35.7 Å². The van der Waals surface area contributed by atoms with E-state index in [0.29, 0.717) is 12.6 Å².